The summed E-state index contributed by atoms with van der Waals surface area (Å²) in [5, 5.41) is 125. The number of aliphatic hydroxyl groups is 11. The van der Waals surface area contributed by atoms with Crippen molar-refractivity contribution in [3.05, 3.63) is 11.6 Å². The molecule has 0 bridgehead atoms. The summed E-state index contributed by atoms with van der Waals surface area (Å²) in [6.07, 6.45) is -21.1. The maximum Gasteiger partial charge on any atom is 0.317 e. The van der Waals surface area contributed by atoms with Gasteiger partial charge in [-0.25, -0.2) is 0 Å². The van der Waals surface area contributed by atoms with Gasteiger partial charge in [0.2, 0.25) is 6.29 Å². The van der Waals surface area contributed by atoms with Crippen LogP contribution >= 0.6 is 0 Å². The first kappa shape index (κ1) is 64.1. The number of hydrogen-bond acceptors (Lipinski definition) is 22. The topological polar surface area (TPSA) is 360 Å². The smallest absolute Gasteiger partial charge is 0.317 e. The number of allylic oxidation sites excluding steroid dienone is 2. The van der Waals surface area contributed by atoms with Crippen LogP contribution < -0.4 is 5.32 Å². The van der Waals surface area contributed by atoms with E-state index in [1.807, 2.05) is 6.92 Å². The van der Waals surface area contributed by atoms with Crippen molar-refractivity contribution >= 4 is 18.2 Å². The molecule has 4 aliphatic heterocycles. The van der Waals surface area contributed by atoms with Gasteiger partial charge in [0.25, 0.3) is 5.91 Å². The summed E-state index contributed by atoms with van der Waals surface area (Å²) in [6.45, 7) is 17.8. The lowest BCUT2D eigenvalue weighted by atomic mass is 9.33. The molecule has 0 aromatic rings. The Morgan fingerprint density at radius 3 is 2.00 bits per heavy atom. The van der Waals surface area contributed by atoms with Gasteiger partial charge in [0.15, 0.2) is 31.1 Å². The second-order valence-corrected chi connectivity index (χ2v) is 27.6. The van der Waals surface area contributed by atoms with E-state index in [1.165, 1.54) is 13.8 Å². The van der Waals surface area contributed by atoms with Gasteiger partial charge in [-0.1, -0.05) is 79.4 Å². The van der Waals surface area contributed by atoms with E-state index in [2.05, 4.69) is 52.9 Å². The molecule has 0 aromatic heterocycles. The van der Waals surface area contributed by atoms with Gasteiger partial charge in [-0.3, -0.25) is 9.59 Å². The molecule has 1 amide bonds. The molecule has 0 radical (unpaired) electrons. The average Bonchev–Trinajstić information content (AvgIpc) is 0.755. The van der Waals surface area contributed by atoms with Crippen molar-refractivity contribution in [2.24, 2.45) is 50.2 Å². The third-order valence-corrected chi connectivity index (χ3v) is 22.3. The van der Waals surface area contributed by atoms with Crippen molar-refractivity contribution in [1.82, 2.24) is 5.32 Å². The van der Waals surface area contributed by atoms with Gasteiger partial charge < -0.3 is 104 Å². The molecule has 23 heteroatoms. The zero-order chi connectivity index (χ0) is 60.0. The maximum absolute atomic E-state index is 15.5. The highest BCUT2D eigenvalue weighted by atomic mass is 16.8. The number of amides is 1. The van der Waals surface area contributed by atoms with E-state index in [9.17, 15) is 65.8 Å². The van der Waals surface area contributed by atoms with Crippen LogP contribution in [0.2, 0.25) is 0 Å². The monoisotopic (exact) mass is 1170 g/mol. The minimum Gasteiger partial charge on any atom is -0.432 e. The van der Waals surface area contributed by atoms with E-state index >= 15 is 4.79 Å². The lowest BCUT2D eigenvalue weighted by molar-refractivity contribution is -0.373. The van der Waals surface area contributed by atoms with Crippen LogP contribution in [-0.4, -0.2) is 216 Å². The van der Waals surface area contributed by atoms with Crippen LogP contribution in [-0.2, 0) is 52.3 Å². The molecule has 4 saturated carbocycles. The highest BCUT2D eigenvalue weighted by Gasteiger charge is 2.73. The summed E-state index contributed by atoms with van der Waals surface area (Å²) in [5.41, 5.74) is -3.48. The highest BCUT2D eigenvalue weighted by Crippen LogP contribution is 2.76. The number of aliphatic hydroxyl groups excluding tert-OH is 11. The fourth-order valence-corrected chi connectivity index (χ4v) is 17.0. The number of nitrogens with one attached hydrogen (secondary N) is 1. The second-order valence-electron chi connectivity index (χ2n) is 27.6. The molecule has 82 heavy (non-hydrogen) atoms. The molecule has 29 atom stereocenters. The summed E-state index contributed by atoms with van der Waals surface area (Å²) in [6, 6.07) is 0. The molecule has 11 unspecified atom stereocenters. The summed E-state index contributed by atoms with van der Waals surface area (Å²) >= 11 is 0. The highest BCUT2D eigenvalue weighted by molar-refractivity contribution is 5.82. The van der Waals surface area contributed by atoms with Crippen molar-refractivity contribution in [2.45, 2.75) is 275 Å². The summed E-state index contributed by atoms with van der Waals surface area (Å²) in [5.74, 6) is -2.22. The molecule has 5 aliphatic carbocycles. The van der Waals surface area contributed by atoms with Crippen LogP contribution in [0, 0.1) is 50.2 Å². The summed E-state index contributed by atoms with van der Waals surface area (Å²) in [4.78, 5) is 42.5. The van der Waals surface area contributed by atoms with Gasteiger partial charge in [-0.05, 0) is 117 Å². The van der Waals surface area contributed by atoms with Crippen molar-refractivity contribution in [2.75, 3.05) is 13.2 Å². The van der Waals surface area contributed by atoms with Crippen LogP contribution in [0.3, 0.4) is 0 Å². The van der Waals surface area contributed by atoms with Gasteiger partial charge in [0, 0.05) is 6.54 Å². The average molecular weight is 1170 g/mol. The Bertz CT molecular complexity index is 2310. The molecule has 0 spiro atoms. The number of fused-ring (bicyclic) bond motifs is 7. The van der Waals surface area contributed by atoms with Crippen molar-refractivity contribution in [1.29, 1.82) is 0 Å². The van der Waals surface area contributed by atoms with E-state index < -0.39 is 174 Å². The molecule has 4 heterocycles. The van der Waals surface area contributed by atoms with Crippen LogP contribution in [0.25, 0.3) is 0 Å². The predicted molar refractivity (Wildman–Crippen MR) is 286 cm³/mol. The third-order valence-electron chi connectivity index (χ3n) is 22.3. The number of hydrogen-bond donors (Lipinski definition) is 12. The molecule has 12 N–H and O–H groups in total. The van der Waals surface area contributed by atoms with Gasteiger partial charge >= 0.3 is 5.97 Å². The third kappa shape index (κ3) is 10.8. The van der Waals surface area contributed by atoms with Gasteiger partial charge in [-0.2, -0.15) is 0 Å². The minimum absolute atomic E-state index is 0.0210. The fourth-order valence-electron chi connectivity index (χ4n) is 17.0. The molecular formula is C59H95NO22. The molecule has 23 nitrogen and oxygen atoms in total. The normalized spacial score (nSPS) is 51.9. The quantitative estimate of drug-likeness (QED) is 0.0349. The number of ether oxygens (including phenoxy) is 8. The summed E-state index contributed by atoms with van der Waals surface area (Å²) < 4.78 is 48.1. The standard InChI is InChI=1S/C59H95NO22/c1-10-11-12-13-22-60-48(73)46-40(68)38(66)43(71)51(80-46)78-35-17-18-55(6)32(56(35,7)26-61)16-19-57(8)33(55)15-14-29-30-23-54(4,5)20-21-59(30,34(63)24-58(29,57)9)53(74)82-52-47(39(67)36(64)27(2)76-52)81-50-44(72)41(69)45(28(3)77-50)79-49-42(70)37(65)31(62)25-75-49/h14,26-28,30-47,49-52,62-72H,10-13,15-25H2,1-9H3,(H,60,73)/t27?,28?,30?,31-,32-,33?,34?,35+,36+,37+,38+,39+,40+,41-,42?,43?,44?,45+,46?,47?,49+,50+,51-,52+,55?,56-,57+,58-,59-/m1/s1. The van der Waals surface area contributed by atoms with E-state index in [4.69, 9.17) is 37.9 Å². The predicted octanol–water partition coefficient (Wildman–Crippen LogP) is 0.513. The lowest BCUT2D eigenvalue weighted by Gasteiger charge is -2.71. The van der Waals surface area contributed by atoms with Crippen molar-refractivity contribution in [3.63, 3.8) is 0 Å². The number of aldehydes is 1. The van der Waals surface area contributed by atoms with E-state index in [1.54, 1.807) is 0 Å². The molecule has 0 aromatic carbocycles. The first-order valence-electron chi connectivity index (χ1n) is 30.1. The fraction of sp³-hybridized carbons (Fsp3) is 0.915. The molecule has 9 aliphatic rings. The number of carbonyl (C=O) groups excluding carboxylic acids is 3. The Labute approximate surface area is 480 Å². The second kappa shape index (κ2) is 24.0. The van der Waals surface area contributed by atoms with E-state index in [0.29, 0.717) is 51.5 Å². The molecule has 9 rings (SSSR count). The number of unbranched alkanes of at least 4 members (excludes halogenated alkanes) is 3. The summed E-state index contributed by atoms with van der Waals surface area (Å²) in [7, 11) is 0. The zero-order valence-electron chi connectivity index (χ0n) is 49.0. The molecule has 8 fully saturated rings. The Balaban J connectivity index is 0.939. The van der Waals surface area contributed by atoms with Crippen molar-refractivity contribution < 1.29 is 108 Å². The van der Waals surface area contributed by atoms with Gasteiger partial charge in [-0.15, -0.1) is 0 Å². The first-order chi connectivity index (χ1) is 38.5. The number of rotatable bonds is 15. The van der Waals surface area contributed by atoms with Crippen LogP contribution in [0.5, 0.6) is 0 Å². The maximum atomic E-state index is 15.5. The van der Waals surface area contributed by atoms with E-state index in [-0.39, 0.29) is 36.7 Å². The Morgan fingerprint density at radius 2 is 1.30 bits per heavy atom. The largest absolute Gasteiger partial charge is 0.432 e. The van der Waals surface area contributed by atoms with Crippen LogP contribution in [0.1, 0.15) is 146 Å². The minimum atomic E-state index is -1.90. The van der Waals surface area contributed by atoms with Gasteiger partial charge in [0.05, 0.1) is 36.4 Å². The van der Waals surface area contributed by atoms with Crippen molar-refractivity contribution in [3.8, 4) is 0 Å². The Kier molecular flexibility index (Phi) is 18.7. The first-order valence-corrected chi connectivity index (χ1v) is 30.1. The molecule has 468 valence electrons. The molecule has 4 saturated heterocycles. The lowest BCUT2D eigenvalue weighted by Crippen LogP contribution is -2.69. The molecular weight excluding hydrogens is 1070 g/mol. The number of carbonyl (C=O) groups is 3. The number of esters is 1. The SMILES string of the molecule is CCCCCCNC(=O)C1O[C@@H](O[C@H]2CCC3(C)C4CC=C5C6CC(C)(C)CC[C@]6(C(=O)O[C@@H]6OC(C)[C@H](O)[C@H](O)C6O[C@@H]6OC(C)[C@H](O[C@@H]7OC[C@@H](O)[C@H](O)C7O)[C@H](O)C6O)C(O)C[C@@]5(C)[C@@]4(C)CC[C@H]3[C@@]2(C)C=O)C(O)[C@@H](O)[C@@H]1O. The Morgan fingerprint density at radius 1 is 0.659 bits per heavy atom. The van der Waals surface area contributed by atoms with Gasteiger partial charge in [0.1, 0.15) is 78.8 Å². The Hall–Kier alpha value is -2.37. The van der Waals surface area contributed by atoms with Crippen LogP contribution in [0.15, 0.2) is 11.6 Å². The zero-order valence-corrected chi connectivity index (χ0v) is 49.0. The van der Waals surface area contributed by atoms with Crippen LogP contribution in [0.4, 0.5) is 0 Å². The van der Waals surface area contributed by atoms with E-state index in [0.717, 1.165) is 37.5 Å².